The lowest BCUT2D eigenvalue weighted by atomic mass is 10.1. The van der Waals surface area contributed by atoms with Crippen molar-refractivity contribution in [1.29, 1.82) is 0 Å². The van der Waals surface area contributed by atoms with Gasteiger partial charge < -0.3 is 10.6 Å². The lowest BCUT2D eigenvalue weighted by Crippen LogP contribution is -2.30. The summed E-state index contributed by atoms with van der Waals surface area (Å²) in [6.45, 7) is 0.116. The predicted octanol–water partition coefficient (Wildman–Crippen LogP) is 3.88. The zero-order valence-electron chi connectivity index (χ0n) is 12.2. The number of rotatable bonds is 4. The van der Waals surface area contributed by atoms with Gasteiger partial charge in [0.05, 0.1) is 0 Å². The molecule has 2 N–H and O–H groups in total. The van der Waals surface area contributed by atoms with Crippen LogP contribution in [0.3, 0.4) is 0 Å². The molecule has 0 radical (unpaired) electrons. The van der Waals surface area contributed by atoms with Gasteiger partial charge in [-0.05, 0) is 42.0 Å². The van der Waals surface area contributed by atoms with Gasteiger partial charge in [0.25, 0.3) is 5.91 Å². The summed E-state index contributed by atoms with van der Waals surface area (Å²) in [5, 5.41) is 4.42. The molecule has 2 aromatic rings. The molecule has 0 saturated carbocycles. The first-order valence-electron chi connectivity index (χ1n) is 6.76. The minimum Gasteiger partial charge on any atom is -0.348 e. The van der Waals surface area contributed by atoms with Crippen LogP contribution in [0.15, 0.2) is 53.0 Å². The highest BCUT2D eigenvalue weighted by atomic mass is 79.9. The number of amides is 2. The number of alkyl halides is 3. The first-order chi connectivity index (χ1) is 11.3. The molecule has 0 spiro atoms. The largest absolute Gasteiger partial charge is 0.471 e. The molecule has 0 saturated heterocycles. The SMILES string of the molecule is O=C(NCc1cccc(NC(=O)C(F)(F)F)c1)c1ccc(Br)cc1. The summed E-state index contributed by atoms with van der Waals surface area (Å²) in [5.41, 5.74) is 1.02. The van der Waals surface area contributed by atoms with Crippen LogP contribution in [0.5, 0.6) is 0 Å². The van der Waals surface area contributed by atoms with Crippen LogP contribution in [-0.2, 0) is 11.3 Å². The molecule has 2 rings (SSSR count). The van der Waals surface area contributed by atoms with Crippen molar-refractivity contribution >= 4 is 33.4 Å². The van der Waals surface area contributed by atoms with Crippen LogP contribution in [0.1, 0.15) is 15.9 Å². The van der Waals surface area contributed by atoms with E-state index >= 15 is 0 Å². The molecule has 0 aromatic heterocycles. The van der Waals surface area contributed by atoms with Gasteiger partial charge in [0.2, 0.25) is 0 Å². The number of carbonyl (C=O) groups is 2. The third-order valence-electron chi connectivity index (χ3n) is 3.00. The molecule has 0 unspecified atom stereocenters. The Morgan fingerprint density at radius 2 is 1.71 bits per heavy atom. The van der Waals surface area contributed by atoms with Crippen LogP contribution in [0, 0.1) is 0 Å². The van der Waals surface area contributed by atoms with E-state index in [-0.39, 0.29) is 18.1 Å². The molecule has 0 aliphatic heterocycles. The van der Waals surface area contributed by atoms with Gasteiger partial charge in [-0.25, -0.2) is 0 Å². The summed E-state index contributed by atoms with van der Waals surface area (Å²) in [4.78, 5) is 22.9. The highest BCUT2D eigenvalue weighted by Crippen LogP contribution is 2.19. The number of hydrogen-bond donors (Lipinski definition) is 2. The molecule has 8 heteroatoms. The fraction of sp³-hybridized carbons (Fsp3) is 0.125. The highest BCUT2D eigenvalue weighted by molar-refractivity contribution is 9.10. The minimum absolute atomic E-state index is 0.00714. The lowest BCUT2D eigenvalue weighted by molar-refractivity contribution is -0.167. The predicted molar refractivity (Wildman–Crippen MR) is 86.4 cm³/mol. The fourth-order valence-corrected chi connectivity index (χ4v) is 2.11. The molecule has 2 amide bonds. The molecule has 0 bridgehead atoms. The van der Waals surface area contributed by atoms with E-state index in [4.69, 9.17) is 0 Å². The maximum Gasteiger partial charge on any atom is 0.471 e. The topological polar surface area (TPSA) is 58.2 Å². The van der Waals surface area contributed by atoms with E-state index in [0.29, 0.717) is 11.1 Å². The van der Waals surface area contributed by atoms with Crippen molar-refractivity contribution in [1.82, 2.24) is 5.32 Å². The maximum absolute atomic E-state index is 12.2. The molecule has 0 fully saturated rings. The molecular weight excluding hydrogens is 389 g/mol. The summed E-state index contributed by atoms with van der Waals surface area (Å²) >= 11 is 3.27. The number of carbonyl (C=O) groups excluding carboxylic acids is 2. The molecule has 0 heterocycles. The Balaban J connectivity index is 1.98. The Morgan fingerprint density at radius 1 is 1.04 bits per heavy atom. The van der Waals surface area contributed by atoms with Crippen molar-refractivity contribution in [2.75, 3.05) is 5.32 Å². The van der Waals surface area contributed by atoms with Gasteiger partial charge in [0.1, 0.15) is 0 Å². The van der Waals surface area contributed by atoms with Crippen LogP contribution >= 0.6 is 15.9 Å². The molecule has 2 aromatic carbocycles. The van der Waals surface area contributed by atoms with E-state index in [1.165, 1.54) is 18.2 Å². The van der Waals surface area contributed by atoms with E-state index in [0.717, 1.165) is 4.47 Å². The van der Waals surface area contributed by atoms with Gasteiger partial charge in [-0.1, -0.05) is 28.1 Å². The quantitative estimate of drug-likeness (QED) is 0.817. The molecule has 4 nitrogen and oxygen atoms in total. The van der Waals surface area contributed by atoms with Gasteiger partial charge in [-0.3, -0.25) is 9.59 Å². The molecule has 126 valence electrons. The average Bonchev–Trinajstić information content (AvgIpc) is 2.53. The van der Waals surface area contributed by atoms with Crippen LogP contribution < -0.4 is 10.6 Å². The van der Waals surface area contributed by atoms with E-state index in [9.17, 15) is 22.8 Å². The van der Waals surface area contributed by atoms with Crippen molar-refractivity contribution < 1.29 is 22.8 Å². The first kappa shape index (κ1) is 18.0. The van der Waals surface area contributed by atoms with Crippen molar-refractivity contribution in [2.45, 2.75) is 12.7 Å². The second-order valence-electron chi connectivity index (χ2n) is 4.84. The van der Waals surface area contributed by atoms with Crippen molar-refractivity contribution in [3.05, 3.63) is 64.1 Å². The Labute approximate surface area is 144 Å². The van der Waals surface area contributed by atoms with Crippen LogP contribution in [0.2, 0.25) is 0 Å². The summed E-state index contributed by atoms with van der Waals surface area (Å²) < 4.78 is 37.5. The summed E-state index contributed by atoms with van der Waals surface area (Å²) in [5.74, 6) is -2.36. The van der Waals surface area contributed by atoms with E-state index in [1.54, 1.807) is 35.6 Å². The lowest BCUT2D eigenvalue weighted by Gasteiger charge is -2.10. The third kappa shape index (κ3) is 5.09. The number of benzene rings is 2. The Hall–Kier alpha value is -2.35. The van der Waals surface area contributed by atoms with Crippen molar-refractivity contribution in [3.8, 4) is 0 Å². The minimum atomic E-state index is -4.95. The van der Waals surface area contributed by atoms with Gasteiger partial charge in [0.15, 0.2) is 0 Å². The third-order valence-corrected chi connectivity index (χ3v) is 3.53. The van der Waals surface area contributed by atoms with Gasteiger partial charge >= 0.3 is 12.1 Å². The maximum atomic E-state index is 12.2. The fourth-order valence-electron chi connectivity index (χ4n) is 1.85. The summed E-state index contributed by atoms with van der Waals surface area (Å²) in [7, 11) is 0. The second kappa shape index (κ2) is 7.48. The van der Waals surface area contributed by atoms with Crippen molar-refractivity contribution in [3.63, 3.8) is 0 Å². The Morgan fingerprint density at radius 3 is 2.33 bits per heavy atom. The normalized spacial score (nSPS) is 11.0. The van der Waals surface area contributed by atoms with Gasteiger partial charge in [-0.15, -0.1) is 0 Å². The van der Waals surface area contributed by atoms with Crippen molar-refractivity contribution in [2.24, 2.45) is 0 Å². The number of nitrogens with one attached hydrogen (secondary N) is 2. The average molecular weight is 401 g/mol. The van der Waals surface area contributed by atoms with Crippen LogP contribution in [0.25, 0.3) is 0 Å². The molecule has 24 heavy (non-hydrogen) atoms. The van der Waals surface area contributed by atoms with E-state index < -0.39 is 12.1 Å². The Bertz CT molecular complexity index is 746. The summed E-state index contributed by atoms with van der Waals surface area (Å²) in [6.07, 6.45) is -4.95. The smallest absolute Gasteiger partial charge is 0.348 e. The molecule has 0 aliphatic rings. The first-order valence-corrected chi connectivity index (χ1v) is 7.56. The standard InChI is InChI=1S/C16H12BrF3N2O2/c17-12-6-4-11(5-7-12)14(23)21-9-10-2-1-3-13(8-10)22-15(24)16(18,19)20/h1-8H,9H2,(H,21,23)(H,22,24). The monoisotopic (exact) mass is 400 g/mol. The van der Waals surface area contributed by atoms with Crippen LogP contribution in [-0.4, -0.2) is 18.0 Å². The Kier molecular flexibility index (Phi) is 5.61. The highest BCUT2D eigenvalue weighted by Gasteiger charge is 2.38. The number of hydrogen-bond acceptors (Lipinski definition) is 2. The summed E-state index contributed by atoms with van der Waals surface area (Å²) in [6, 6.07) is 12.6. The van der Waals surface area contributed by atoms with E-state index in [2.05, 4.69) is 21.2 Å². The van der Waals surface area contributed by atoms with Gasteiger partial charge in [0, 0.05) is 22.3 Å². The zero-order chi connectivity index (χ0) is 17.7. The molecular formula is C16H12BrF3N2O2. The number of halogens is 4. The molecule has 0 aliphatic carbocycles. The van der Waals surface area contributed by atoms with Crippen LogP contribution in [0.4, 0.5) is 18.9 Å². The number of anilines is 1. The second-order valence-corrected chi connectivity index (χ2v) is 5.76. The van der Waals surface area contributed by atoms with Gasteiger partial charge in [-0.2, -0.15) is 13.2 Å². The molecule has 0 atom stereocenters. The zero-order valence-corrected chi connectivity index (χ0v) is 13.7. The van der Waals surface area contributed by atoms with E-state index in [1.807, 2.05) is 0 Å².